The van der Waals surface area contributed by atoms with Crippen LogP contribution in [0.5, 0.6) is 11.5 Å². The Morgan fingerprint density at radius 2 is 1.82 bits per heavy atom. The van der Waals surface area contributed by atoms with Crippen LogP contribution in [0.4, 0.5) is 0 Å². The molecule has 0 saturated carbocycles. The summed E-state index contributed by atoms with van der Waals surface area (Å²) in [4.78, 5) is 26.6. The minimum absolute atomic E-state index is 0. The molecule has 8 heteroatoms. The molecule has 1 aromatic heterocycles. The van der Waals surface area contributed by atoms with Gasteiger partial charge in [-0.15, -0.1) is 12.4 Å². The number of aryl methyl sites for hydroxylation is 1. The molecule has 156 valence electrons. The fourth-order valence-electron chi connectivity index (χ4n) is 3.03. The number of carbonyl (C=O) groups is 2. The van der Waals surface area contributed by atoms with Crippen molar-refractivity contribution in [2.24, 2.45) is 0 Å². The monoisotopic (exact) mass is 413 g/mol. The van der Waals surface area contributed by atoms with E-state index < -0.39 is 5.97 Å². The zero-order valence-corrected chi connectivity index (χ0v) is 18.0. The highest BCUT2D eigenvalue weighted by Gasteiger charge is 2.27. The number of furan rings is 1. The van der Waals surface area contributed by atoms with Gasteiger partial charge in [0, 0.05) is 17.5 Å². The molecule has 0 radical (unpaired) electrons. The van der Waals surface area contributed by atoms with Gasteiger partial charge in [-0.2, -0.15) is 0 Å². The SMILES string of the molecule is CCN(CC)CCOc1c(OC)cc2c(C)c(C(=O)OC)oc2c1C(C)=O.Cl. The molecule has 0 amide bonds. The molecule has 0 spiro atoms. The molecule has 0 bridgehead atoms. The van der Waals surface area contributed by atoms with E-state index in [4.69, 9.17) is 18.6 Å². The van der Waals surface area contributed by atoms with Crippen LogP contribution in [0.15, 0.2) is 10.5 Å². The summed E-state index contributed by atoms with van der Waals surface area (Å²) in [5.74, 6) is -0.0113. The zero-order valence-electron chi connectivity index (χ0n) is 17.2. The first-order chi connectivity index (χ1) is 12.9. The third kappa shape index (κ3) is 4.59. The van der Waals surface area contributed by atoms with Gasteiger partial charge in [0.2, 0.25) is 5.76 Å². The Morgan fingerprint density at radius 3 is 2.32 bits per heavy atom. The number of methoxy groups -OCH3 is 2. The number of ketones is 1. The highest BCUT2D eigenvalue weighted by Crippen LogP contribution is 2.41. The number of likely N-dealkylation sites (N-methyl/N-ethyl adjacent to an activating group) is 1. The van der Waals surface area contributed by atoms with Gasteiger partial charge < -0.3 is 23.5 Å². The molecule has 1 heterocycles. The van der Waals surface area contributed by atoms with Crippen molar-refractivity contribution in [3.05, 3.63) is 23.0 Å². The lowest BCUT2D eigenvalue weighted by molar-refractivity contribution is 0.0566. The van der Waals surface area contributed by atoms with E-state index in [1.165, 1.54) is 21.1 Å². The molecule has 1 aromatic carbocycles. The molecule has 0 saturated heterocycles. The van der Waals surface area contributed by atoms with Crippen LogP contribution in [-0.2, 0) is 4.74 Å². The van der Waals surface area contributed by atoms with Crippen LogP contribution in [0, 0.1) is 6.92 Å². The zero-order chi connectivity index (χ0) is 20.1. The molecule has 0 N–H and O–H groups in total. The van der Waals surface area contributed by atoms with E-state index in [-0.39, 0.29) is 29.5 Å². The Labute approximate surface area is 171 Å². The Bertz CT molecular complexity index is 841. The molecule has 7 nitrogen and oxygen atoms in total. The number of fused-ring (bicyclic) bond motifs is 1. The van der Waals surface area contributed by atoms with Crippen molar-refractivity contribution in [3.8, 4) is 11.5 Å². The molecular formula is C20H28ClNO6. The van der Waals surface area contributed by atoms with Crippen molar-refractivity contribution in [2.75, 3.05) is 40.5 Å². The Morgan fingerprint density at radius 1 is 1.18 bits per heavy atom. The Kier molecular flexibility index (Phi) is 8.78. The van der Waals surface area contributed by atoms with Gasteiger partial charge in [-0.1, -0.05) is 13.8 Å². The van der Waals surface area contributed by atoms with Crippen LogP contribution in [0.3, 0.4) is 0 Å². The minimum atomic E-state index is -0.596. The van der Waals surface area contributed by atoms with Crippen LogP contribution in [-0.4, -0.2) is 57.1 Å². The average Bonchev–Trinajstić information content (AvgIpc) is 2.99. The maximum absolute atomic E-state index is 12.4. The number of benzene rings is 1. The van der Waals surface area contributed by atoms with Gasteiger partial charge >= 0.3 is 5.97 Å². The van der Waals surface area contributed by atoms with E-state index in [2.05, 4.69) is 18.7 Å². The van der Waals surface area contributed by atoms with E-state index >= 15 is 0 Å². The number of nitrogens with zero attached hydrogens (tertiary/aromatic N) is 1. The van der Waals surface area contributed by atoms with Crippen molar-refractivity contribution in [1.29, 1.82) is 0 Å². The van der Waals surface area contributed by atoms with Gasteiger partial charge in [-0.05, 0) is 33.0 Å². The summed E-state index contributed by atoms with van der Waals surface area (Å²) in [5.41, 5.74) is 1.16. The molecule has 2 rings (SSSR count). The number of Topliss-reactive ketones (excluding diaryl/α,β-unsaturated/α-hetero) is 1. The molecule has 0 aliphatic carbocycles. The van der Waals surface area contributed by atoms with Crippen molar-refractivity contribution in [3.63, 3.8) is 0 Å². The van der Waals surface area contributed by atoms with E-state index in [1.54, 1.807) is 13.0 Å². The lowest BCUT2D eigenvalue weighted by atomic mass is 10.0. The third-order valence-electron chi connectivity index (χ3n) is 4.64. The number of rotatable bonds is 9. The predicted molar refractivity (Wildman–Crippen MR) is 109 cm³/mol. The molecule has 0 aliphatic heterocycles. The highest BCUT2D eigenvalue weighted by atomic mass is 35.5. The summed E-state index contributed by atoms with van der Waals surface area (Å²) in [6, 6.07) is 1.72. The summed E-state index contributed by atoms with van der Waals surface area (Å²) in [7, 11) is 2.79. The van der Waals surface area contributed by atoms with Crippen molar-refractivity contribution in [1.82, 2.24) is 4.90 Å². The van der Waals surface area contributed by atoms with E-state index in [0.29, 0.717) is 34.6 Å². The van der Waals surface area contributed by atoms with Gasteiger partial charge in [0.25, 0.3) is 0 Å². The normalized spacial score (nSPS) is 10.7. The molecule has 0 fully saturated rings. The van der Waals surface area contributed by atoms with Crippen LogP contribution in [0.2, 0.25) is 0 Å². The second-order valence-electron chi connectivity index (χ2n) is 6.14. The van der Waals surface area contributed by atoms with Gasteiger partial charge in [-0.3, -0.25) is 4.79 Å². The molecule has 0 atom stereocenters. The van der Waals surface area contributed by atoms with Crippen LogP contribution < -0.4 is 9.47 Å². The second kappa shape index (κ2) is 10.3. The number of halogens is 1. The minimum Gasteiger partial charge on any atom is -0.493 e. The summed E-state index contributed by atoms with van der Waals surface area (Å²) in [5, 5.41) is 0.619. The maximum atomic E-state index is 12.4. The quantitative estimate of drug-likeness (QED) is 0.456. The first-order valence-electron chi connectivity index (χ1n) is 8.97. The first-order valence-corrected chi connectivity index (χ1v) is 8.97. The van der Waals surface area contributed by atoms with Gasteiger partial charge in [0.05, 0.1) is 14.2 Å². The Balaban J connectivity index is 0.00000392. The molecular weight excluding hydrogens is 386 g/mol. The summed E-state index contributed by atoms with van der Waals surface area (Å²) >= 11 is 0. The van der Waals surface area contributed by atoms with E-state index in [0.717, 1.165) is 19.6 Å². The molecule has 0 aliphatic rings. The van der Waals surface area contributed by atoms with Crippen molar-refractivity contribution in [2.45, 2.75) is 27.7 Å². The van der Waals surface area contributed by atoms with Gasteiger partial charge in [-0.25, -0.2) is 4.79 Å². The number of carbonyl (C=O) groups excluding carboxylic acids is 2. The highest BCUT2D eigenvalue weighted by molar-refractivity contribution is 6.10. The summed E-state index contributed by atoms with van der Waals surface area (Å²) in [6.07, 6.45) is 0. The lowest BCUT2D eigenvalue weighted by Gasteiger charge is -2.19. The summed E-state index contributed by atoms with van der Waals surface area (Å²) in [6.45, 7) is 10.3. The topological polar surface area (TPSA) is 78.2 Å². The summed E-state index contributed by atoms with van der Waals surface area (Å²) < 4.78 is 21.9. The average molecular weight is 414 g/mol. The first kappa shape index (κ1) is 23.8. The number of hydrogen-bond donors (Lipinski definition) is 0. The fourth-order valence-corrected chi connectivity index (χ4v) is 3.03. The fraction of sp³-hybridized carbons (Fsp3) is 0.500. The lowest BCUT2D eigenvalue weighted by Crippen LogP contribution is -2.28. The van der Waals surface area contributed by atoms with Gasteiger partial charge in [0.1, 0.15) is 17.8 Å². The molecule has 28 heavy (non-hydrogen) atoms. The standard InChI is InChI=1S/C20H27NO6.ClH/c1-7-21(8-2)9-10-26-19-15(24-5)11-14-12(3)17(20(23)25-6)27-18(14)16(19)13(4)22;/h11H,7-10H2,1-6H3;1H. The maximum Gasteiger partial charge on any atom is 0.374 e. The van der Waals surface area contributed by atoms with Gasteiger partial charge in [0.15, 0.2) is 17.3 Å². The number of hydrogen-bond acceptors (Lipinski definition) is 7. The second-order valence-corrected chi connectivity index (χ2v) is 6.14. The number of ether oxygens (including phenoxy) is 3. The van der Waals surface area contributed by atoms with Crippen LogP contribution in [0.25, 0.3) is 11.0 Å². The van der Waals surface area contributed by atoms with Crippen molar-refractivity contribution >= 4 is 35.1 Å². The molecule has 2 aromatic rings. The van der Waals surface area contributed by atoms with E-state index in [1.807, 2.05) is 0 Å². The largest absolute Gasteiger partial charge is 0.493 e. The van der Waals surface area contributed by atoms with E-state index in [9.17, 15) is 9.59 Å². The third-order valence-corrected chi connectivity index (χ3v) is 4.64. The molecule has 0 unspecified atom stereocenters. The van der Waals surface area contributed by atoms with Crippen molar-refractivity contribution < 1.29 is 28.2 Å². The predicted octanol–water partition coefficient (Wildman–Crippen LogP) is 3.88. The smallest absolute Gasteiger partial charge is 0.374 e. The van der Waals surface area contributed by atoms with Crippen LogP contribution in [0.1, 0.15) is 47.2 Å². The van der Waals surface area contributed by atoms with Crippen LogP contribution >= 0.6 is 12.4 Å². The Hall–Kier alpha value is -2.25. The number of esters is 1.